The molecule has 11 heteroatoms. The molecule has 11 nitrogen and oxygen atoms in total. The van der Waals surface area contributed by atoms with E-state index in [-0.39, 0.29) is 54.4 Å². The van der Waals surface area contributed by atoms with E-state index in [4.69, 9.17) is 23.7 Å². The first kappa shape index (κ1) is 32.7. The van der Waals surface area contributed by atoms with E-state index in [0.717, 1.165) is 37.7 Å². The number of rotatable bonds is 7. The molecule has 3 saturated carbocycles. The molecule has 4 aliphatic carbocycles. The van der Waals surface area contributed by atoms with Gasteiger partial charge in [0.15, 0.2) is 17.5 Å². The Morgan fingerprint density at radius 1 is 1.07 bits per heavy atom. The summed E-state index contributed by atoms with van der Waals surface area (Å²) in [5.74, 6) is -0.716. The molecule has 1 amide bonds. The molecule has 2 heterocycles. The number of carbonyl (C=O) groups is 5. The van der Waals surface area contributed by atoms with Crippen molar-refractivity contribution in [1.82, 2.24) is 4.90 Å². The maximum Gasteiger partial charge on any atom is 0.409 e. The second kappa shape index (κ2) is 11.5. The van der Waals surface area contributed by atoms with Crippen LogP contribution in [0.25, 0.3) is 0 Å². The molecular formula is C35H47NO10. The highest BCUT2D eigenvalue weighted by Crippen LogP contribution is 2.73. The van der Waals surface area contributed by atoms with Gasteiger partial charge in [-0.05, 0) is 86.2 Å². The molecule has 46 heavy (non-hydrogen) atoms. The Hall–Kier alpha value is -3.21. The molecule has 0 N–H and O–H groups in total. The Morgan fingerprint density at radius 3 is 2.43 bits per heavy atom. The maximum atomic E-state index is 14.1. The van der Waals surface area contributed by atoms with Crippen molar-refractivity contribution in [1.29, 1.82) is 0 Å². The molecule has 0 radical (unpaired) electrons. The summed E-state index contributed by atoms with van der Waals surface area (Å²) in [7, 11) is 3.22. The molecule has 0 unspecified atom stereocenters. The highest BCUT2D eigenvalue weighted by Gasteiger charge is 2.83. The largest absolute Gasteiger partial charge is 0.465 e. The van der Waals surface area contributed by atoms with Crippen LogP contribution in [0, 0.1) is 40.4 Å². The van der Waals surface area contributed by atoms with Crippen LogP contribution in [-0.4, -0.2) is 85.9 Å². The first-order chi connectivity index (χ1) is 21.7. The molecule has 1 saturated heterocycles. The summed E-state index contributed by atoms with van der Waals surface area (Å²) in [6.45, 7) is 8.94. The molecule has 0 aromatic heterocycles. The topological polar surface area (TPSA) is 138 Å². The van der Waals surface area contributed by atoms with Gasteiger partial charge in [-0.25, -0.2) is 9.59 Å². The lowest BCUT2D eigenvalue weighted by atomic mass is 9.44. The van der Waals surface area contributed by atoms with E-state index < -0.39 is 41.1 Å². The van der Waals surface area contributed by atoms with E-state index in [2.05, 4.69) is 13.8 Å². The summed E-state index contributed by atoms with van der Waals surface area (Å²) in [5, 5.41) is 0. The third-order valence-electron chi connectivity index (χ3n) is 12.6. The molecule has 6 rings (SSSR count). The maximum absolute atomic E-state index is 14.1. The van der Waals surface area contributed by atoms with Crippen molar-refractivity contribution in [3.05, 3.63) is 23.3 Å². The number of epoxide rings is 1. The monoisotopic (exact) mass is 641 g/mol. The van der Waals surface area contributed by atoms with Gasteiger partial charge in [0.1, 0.15) is 24.7 Å². The van der Waals surface area contributed by atoms with Gasteiger partial charge in [-0.15, -0.1) is 0 Å². The molecule has 6 aliphatic rings. The minimum atomic E-state index is -1.15. The third kappa shape index (κ3) is 4.82. The van der Waals surface area contributed by atoms with Crippen molar-refractivity contribution in [2.75, 3.05) is 27.3 Å². The SMILES string of the molecule is CC(=O)OCC1=C(C)C[C@H]([C@@H](C)[C@H]2CC[C@H]3[C@@H]4C[C@H]5O[C@]56[C@@H](OC(=O)N(C)C)C=CC(=O)[C@]6(COC(C)=O)[C@H]4CC[C@]23C)OC1=O. The minimum absolute atomic E-state index is 0.0511. The Balaban J connectivity index is 1.27. The van der Waals surface area contributed by atoms with Crippen molar-refractivity contribution < 1.29 is 47.7 Å². The van der Waals surface area contributed by atoms with Crippen molar-refractivity contribution in [2.45, 2.75) is 97.1 Å². The zero-order chi connectivity index (χ0) is 33.3. The van der Waals surface area contributed by atoms with Gasteiger partial charge in [-0.2, -0.15) is 0 Å². The number of amides is 1. The van der Waals surface area contributed by atoms with Gasteiger partial charge in [-0.3, -0.25) is 14.4 Å². The molecular weight excluding hydrogens is 594 g/mol. The van der Waals surface area contributed by atoms with Gasteiger partial charge < -0.3 is 28.6 Å². The molecule has 2 aliphatic heterocycles. The van der Waals surface area contributed by atoms with Gasteiger partial charge in [0.05, 0.1) is 11.7 Å². The van der Waals surface area contributed by atoms with Crippen molar-refractivity contribution in [3.8, 4) is 0 Å². The number of hydrogen-bond acceptors (Lipinski definition) is 10. The van der Waals surface area contributed by atoms with Crippen LogP contribution < -0.4 is 0 Å². The summed E-state index contributed by atoms with van der Waals surface area (Å²) in [6, 6.07) is 0. The van der Waals surface area contributed by atoms with E-state index in [9.17, 15) is 24.0 Å². The first-order valence-corrected chi connectivity index (χ1v) is 16.6. The van der Waals surface area contributed by atoms with E-state index >= 15 is 0 Å². The number of hydrogen-bond donors (Lipinski definition) is 0. The number of esters is 3. The summed E-state index contributed by atoms with van der Waals surface area (Å²) >= 11 is 0. The number of nitrogens with zero attached hydrogens (tertiary/aromatic N) is 1. The Bertz CT molecular complexity index is 1400. The average molecular weight is 642 g/mol. The number of allylic oxidation sites excluding steroid dienone is 1. The minimum Gasteiger partial charge on any atom is -0.465 e. The van der Waals surface area contributed by atoms with Crippen LogP contribution in [0.5, 0.6) is 0 Å². The molecule has 0 aromatic carbocycles. The van der Waals surface area contributed by atoms with E-state index in [0.29, 0.717) is 23.8 Å². The van der Waals surface area contributed by atoms with Crippen LogP contribution >= 0.6 is 0 Å². The number of carbonyl (C=O) groups excluding carboxylic acids is 5. The van der Waals surface area contributed by atoms with Gasteiger partial charge in [0.25, 0.3) is 0 Å². The standard InChI is InChI=1S/C35H47NO10/c1-18-14-27(44-31(40)23(18)16-42-20(3)37)19(2)24-8-9-25-22-15-30-35(46-30)29(45-32(41)36(6)7)11-10-28(39)34(35,17-43-21(4)38)26(22)12-13-33(24,25)5/h10-11,19,22,24-27,29-30H,8-9,12-17H2,1-7H3/t19-,22-,24+,25-,26-,27+,29-,30+,33+,34-,35+/m0/s1. The molecule has 0 bridgehead atoms. The van der Waals surface area contributed by atoms with Crippen LogP contribution in [0.1, 0.15) is 73.1 Å². The highest BCUT2D eigenvalue weighted by atomic mass is 16.7. The van der Waals surface area contributed by atoms with E-state index in [1.807, 2.05) is 6.92 Å². The lowest BCUT2D eigenvalue weighted by Gasteiger charge is -2.59. The molecule has 1 spiro atoms. The van der Waals surface area contributed by atoms with Crippen LogP contribution in [0.15, 0.2) is 23.3 Å². The number of ketones is 1. The number of cyclic esters (lactones) is 1. The van der Waals surface area contributed by atoms with Crippen LogP contribution in [0.2, 0.25) is 0 Å². The summed E-state index contributed by atoms with van der Waals surface area (Å²) in [5.41, 5.74) is -0.950. The lowest BCUT2D eigenvalue weighted by Crippen LogP contribution is -2.67. The average Bonchev–Trinajstić information content (AvgIpc) is 3.60. The summed E-state index contributed by atoms with van der Waals surface area (Å²) in [4.78, 5) is 64.7. The molecule has 11 atom stereocenters. The zero-order valence-electron chi connectivity index (χ0n) is 28.0. The van der Waals surface area contributed by atoms with Crippen LogP contribution in [0.4, 0.5) is 4.79 Å². The van der Waals surface area contributed by atoms with Crippen molar-refractivity contribution in [3.63, 3.8) is 0 Å². The predicted octanol–water partition coefficient (Wildman–Crippen LogP) is 4.17. The Labute approximate surface area is 270 Å². The van der Waals surface area contributed by atoms with Gasteiger partial charge in [0.2, 0.25) is 0 Å². The fourth-order valence-electron chi connectivity index (χ4n) is 10.4. The first-order valence-electron chi connectivity index (χ1n) is 16.6. The van der Waals surface area contributed by atoms with Gasteiger partial charge in [-0.1, -0.05) is 19.4 Å². The van der Waals surface area contributed by atoms with E-state index in [1.165, 1.54) is 24.8 Å². The smallest absolute Gasteiger partial charge is 0.409 e. The Morgan fingerprint density at radius 2 is 1.78 bits per heavy atom. The van der Waals surface area contributed by atoms with Crippen molar-refractivity contribution >= 4 is 29.8 Å². The fourth-order valence-corrected chi connectivity index (χ4v) is 10.4. The lowest BCUT2D eigenvalue weighted by molar-refractivity contribution is -0.174. The summed E-state index contributed by atoms with van der Waals surface area (Å²) < 4.78 is 29.2. The summed E-state index contributed by atoms with van der Waals surface area (Å²) in [6.07, 6.45) is 6.17. The fraction of sp³-hybridized carbons (Fsp3) is 0.743. The zero-order valence-corrected chi connectivity index (χ0v) is 28.0. The third-order valence-corrected chi connectivity index (χ3v) is 12.6. The normalized spacial score (nSPS) is 41.2. The highest BCUT2D eigenvalue weighted by molar-refractivity contribution is 5.99. The van der Waals surface area contributed by atoms with Gasteiger partial charge >= 0.3 is 24.0 Å². The van der Waals surface area contributed by atoms with Gasteiger partial charge in [0, 0.05) is 34.4 Å². The van der Waals surface area contributed by atoms with E-state index in [1.54, 1.807) is 20.2 Å². The van der Waals surface area contributed by atoms with Crippen LogP contribution in [-0.2, 0) is 42.9 Å². The Kier molecular flexibility index (Phi) is 8.17. The molecule has 0 aromatic rings. The number of ether oxygens (including phenoxy) is 5. The van der Waals surface area contributed by atoms with Crippen molar-refractivity contribution in [2.24, 2.45) is 40.4 Å². The second-order valence-electron chi connectivity index (χ2n) is 15.0. The number of fused-ring (bicyclic) bond motifs is 4. The second-order valence-corrected chi connectivity index (χ2v) is 15.0. The van der Waals surface area contributed by atoms with Crippen LogP contribution in [0.3, 0.4) is 0 Å². The molecule has 252 valence electrons. The quantitative estimate of drug-likeness (QED) is 0.226. The molecule has 4 fully saturated rings. The predicted molar refractivity (Wildman–Crippen MR) is 163 cm³/mol.